The quantitative estimate of drug-likeness (QED) is 0.393. The molecule has 2 atom stereocenters. The Bertz CT molecular complexity index is 380. The Labute approximate surface area is 91.6 Å². The molecule has 6 heteroatoms. The summed E-state index contributed by atoms with van der Waals surface area (Å²) in [4.78, 5) is 22.2. The highest BCUT2D eigenvalue weighted by Gasteiger charge is 2.31. The summed E-state index contributed by atoms with van der Waals surface area (Å²) in [5.41, 5.74) is 6.78. The van der Waals surface area contributed by atoms with E-state index in [-0.39, 0.29) is 0 Å². The van der Waals surface area contributed by atoms with Crippen molar-refractivity contribution in [3.8, 4) is 0 Å². The molecule has 1 aromatic carbocycles. The van der Waals surface area contributed by atoms with Gasteiger partial charge >= 0.3 is 0 Å². The molecule has 0 fully saturated rings. The molecule has 0 heterocycles. The number of aliphatic hydroxyl groups excluding tert-OH is 1. The van der Waals surface area contributed by atoms with Gasteiger partial charge in [-0.3, -0.25) is 14.8 Å². The van der Waals surface area contributed by atoms with Crippen LogP contribution in [0.5, 0.6) is 0 Å². The van der Waals surface area contributed by atoms with E-state index in [0.29, 0.717) is 5.56 Å². The van der Waals surface area contributed by atoms with Gasteiger partial charge in [-0.1, -0.05) is 30.3 Å². The number of nitrogens with one attached hydrogen (secondary N) is 1. The predicted molar refractivity (Wildman–Crippen MR) is 54.3 cm³/mol. The van der Waals surface area contributed by atoms with Crippen molar-refractivity contribution in [2.45, 2.75) is 12.0 Å². The van der Waals surface area contributed by atoms with Gasteiger partial charge in [0.15, 0.2) is 6.10 Å². The Morgan fingerprint density at radius 2 is 1.81 bits per heavy atom. The summed E-state index contributed by atoms with van der Waals surface area (Å²) in [6.45, 7) is 0. The number of hydroxylamine groups is 1. The van der Waals surface area contributed by atoms with Crippen molar-refractivity contribution in [3.63, 3.8) is 0 Å². The van der Waals surface area contributed by atoms with Gasteiger partial charge in [0.05, 0.1) is 5.92 Å². The van der Waals surface area contributed by atoms with E-state index in [1.54, 1.807) is 30.3 Å². The van der Waals surface area contributed by atoms with Gasteiger partial charge in [-0.05, 0) is 5.56 Å². The van der Waals surface area contributed by atoms with Crippen LogP contribution in [-0.2, 0) is 9.59 Å². The lowest BCUT2D eigenvalue weighted by Crippen LogP contribution is -2.41. The fourth-order valence-electron chi connectivity index (χ4n) is 1.38. The average molecular weight is 224 g/mol. The third kappa shape index (κ3) is 2.56. The Hall–Kier alpha value is -1.92. The van der Waals surface area contributed by atoms with E-state index in [1.807, 2.05) is 0 Å². The largest absolute Gasteiger partial charge is 0.382 e. The second-order valence-corrected chi connectivity index (χ2v) is 3.21. The first-order valence-corrected chi connectivity index (χ1v) is 4.54. The molecule has 1 rings (SSSR count). The van der Waals surface area contributed by atoms with Crippen molar-refractivity contribution in [1.29, 1.82) is 0 Å². The summed E-state index contributed by atoms with van der Waals surface area (Å²) in [6, 6.07) is 8.14. The van der Waals surface area contributed by atoms with Crippen molar-refractivity contribution in [2.75, 3.05) is 0 Å². The van der Waals surface area contributed by atoms with Gasteiger partial charge in [0.25, 0.3) is 5.91 Å². The maximum atomic E-state index is 11.2. The van der Waals surface area contributed by atoms with Crippen molar-refractivity contribution in [2.24, 2.45) is 5.73 Å². The molecular formula is C10H12N2O4. The second-order valence-electron chi connectivity index (χ2n) is 3.21. The van der Waals surface area contributed by atoms with Gasteiger partial charge in [0.1, 0.15) is 0 Å². The summed E-state index contributed by atoms with van der Waals surface area (Å²) in [5, 5.41) is 17.9. The number of aliphatic hydroxyl groups is 1. The molecule has 5 N–H and O–H groups in total. The minimum absolute atomic E-state index is 0.408. The number of carbonyl (C=O) groups excluding carboxylic acids is 2. The fourth-order valence-corrected chi connectivity index (χ4v) is 1.38. The van der Waals surface area contributed by atoms with Crippen LogP contribution in [-0.4, -0.2) is 28.2 Å². The zero-order valence-corrected chi connectivity index (χ0v) is 8.33. The molecule has 0 saturated carbocycles. The van der Waals surface area contributed by atoms with Crippen molar-refractivity contribution >= 4 is 11.8 Å². The van der Waals surface area contributed by atoms with Crippen LogP contribution in [0.4, 0.5) is 0 Å². The predicted octanol–water partition coefficient (Wildman–Crippen LogP) is -0.878. The fraction of sp³-hybridized carbons (Fsp3) is 0.200. The molecule has 1 aromatic rings. The molecule has 86 valence electrons. The molecule has 6 nitrogen and oxygen atoms in total. The van der Waals surface area contributed by atoms with Crippen LogP contribution >= 0.6 is 0 Å². The van der Waals surface area contributed by atoms with Crippen molar-refractivity contribution < 1.29 is 19.9 Å². The van der Waals surface area contributed by atoms with Crippen LogP contribution in [0.25, 0.3) is 0 Å². The van der Waals surface area contributed by atoms with Crippen LogP contribution < -0.4 is 11.2 Å². The monoisotopic (exact) mass is 224 g/mol. The maximum Gasteiger partial charge on any atom is 0.273 e. The standard InChI is InChI=1S/C10H12N2O4/c11-9(14)7(8(13)10(15)12-16)6-4-2-1-3-5-6/h1-5,7-8,13,16H,(H2,11,14)(H,12,15)/t7?,8-/m0/s1. The third-order valence-electron chi connectivity index (χ3n) is 2.16. The van der Waals surface area contributed by atoms with Gasteiger partial charge in [-0.25, -0.2) is 5.48 Å². The highest BCUT2D eigenvalue weighted by atomic mass is 16.5. The summed E-state index contributed by atoms with van der Waals surface area (Å²) in [6.07, 6.45) is -1.72. The minimum atomic E-state index is -1.72. The van der Waals surface area contributed by atoms with Gasteiger partial charge in [0, 0.05) is 0 Å². The molecule has 0 aromatic heterocycles. The first-order valence-electron chi connectivity index (χ1n) is 4.54. The van der Waals surface area contributed by atoms with Crippen LogP contribution in [0, 0.1) is 0 Å². The lowest BCUT2D eigenvalue weighted by molar-refractivity contribution is -0.142. The number of primary amides is 1. The molecule has 16 heavy (non-hydrogen) atoms. The Morgan fingerprint density at radius 1 is 1.25 bits per heavy atom. The van der Waals surface area contributed by atoms with Gasteiger partial charge in [-0.15, -0.1) is 0 Å². The normalized spacial score (nSPS) is 13.9. The lowest BCUT2D eigenvalue weighted by atomic mass is 9.92. The Morgan fingerprint density at radius 3 is 2.25 bits per heavy atom. The summed E-state index contributed by atoms with van der Waals surface area (Å²) < 4.78 is 0. The SMILES string of the molecule is NC(=O)C(c1ccccc1)[C@H](O)C(=O)NO. The number of carbonyl (C=O) groups is 2. The molecule has 0 spiro atoms. The van der Waals surface area contributed by atoms with E-state index < -0.39 is 23.8 Å². The molecule has 0 aliphatic heterocycles. The smallest absolute Gasteiger partial charge is 0.273 e. The molecule has 0 aliphatic carbocycles. The minimum Gasteiger partial charge on any atom is -0.382 e. The zero-order valence-electron chi connectivity index (χ0n) is 8.33. The highest BCUT2D eigenvalue weighted by Crippen LogP contribution is 2.19. The summed E-state index contributed by atoms with van der Waals surface area (Å²) in [7, 11) is 0. The molecule has 2 amide bonds. The van der Waals surface area contributed by atoms with Crippen LogP contribution in [0.15, 0.2) is 30.3 Å². The average Bonchev–Trinajstić information content (AvgIpc) is 2.29. The second kappa shape index (κ2) is 5.24. The van der Waals surface area contributed by atoms with E-state index in [0.717, 1.165) is 0 Å². The number of hydrogen-bond acceptors (Lipinski definition) is 4. The number of benzene rings is 1. The van der Waals surface area contributed by atoms with Crippen molar-refractivity contribution in [3.05, 3.63) is 35.9 Å². The van der Waals surface area contributed by atoms with Gasteiger partial charge in [-0.2, -0.15) is 0 Å². The summed E-state index contributed by atoms with van der Waals surface area (Å²) in [5.74, 6) is -3.11. The highest BCUT2D eigenvalue weighted by molar-refractivity contribution is 5.91. The zero-order chi connectivity index (χ0) is 12.1. The lowest BCUT2D eigenvalue weighted by Gasteiger charge is -2.18. The Kier molecular flexibility index (Phi) is 3.98. The summed E-state index contributed by atoms with van der Waals surface area (Å²) >= 11 is 0. The topological polar surface area (TPSA) is 113 Å². The van der Waals surface area contributed by atoms with Gasteiger partial charge < -0.3 is 10.8 Å². The molecule has 0 saturated heterocycles. The molecular weight excluding hydrogens is 212 g/mol. The third-order valence-corrected chi connectivity index (χ3v) is 2.16. The van der Waals surface area contributed by atoms with E-state index in [1.165, 1.54) is 5.48 Å². The van der Waals surface area contributed by atoms with E-state index in [2.05, 4.69) is 0 Å². The first kappa shape index (κ1) is 12.2. The first-order chi connectivity index (χ1) is 7.57. The number of nitrogens with two attached hydrogens (primary N) is 1. The van der Waals surface area contributed by atoms with Crippen LogP contribution in [0.1, 0.15) is 11.5 Å². The molecule has 1 unspecified atom stereocenters. The molecule has 0 aliphatic rings. The molecule has 0 radical (unpaired) electrons. The maximum absolute atomic E-state index is 11.2. The van der Waals surface area contributed by atoms with E-state index >= 15 is 0 Å². The van der Waals surface area contributed by atoms with Crippen LogP contribution in [0.3, 0.4) is 0 Å². The van der Waals surface area contributed by atoms with Gasteiger partial charge in [0.2, 0.25) is 5.91 Å². The number of hydrogen-bond donors (Lipinski definition) is 4. The van der Waals surface area contributed by atoms with Crippen molar-refractivity contribution in [1.82, 2.24) is 5.48 Å². The molecule has 0 bridgehead atoms. The Balaban J connectivity index is 3.01. The van der Waals surface area contributed by atoms with E-state index in [4.69, 9.17) is 10.9 Å². The van der Waals surface area contributed by atoms with E-state index in [9.17, 15) is 14.7 Å². The number of rotatable bonds is 4. The number of amides is 2. The van der Waals surface area contributed by atoms with Crippen LogP contribution in [0.2, 0.25) is 0 Å².